The molecule has 0 saturated heterocycles. The molecule has 0 amide bonds. The molecule has 1 aromatic heterocycles. The molecule has 112 valence electrons. The number of benzene rings is 1. The minimum Gasteiger partial charge on any atom is -0.369 e. The lowest BCUT2D eigenvalue weighted by Crippen LogP contribution is -2.41. The molecule has 2 N–H and O–H groups in total. The van der Waals surface area contributed by atoms with Gasteiger partial charge in [-0.2, -0.15) is 0 Å². The maximum Gasteiger partial charge on any atom is 0.258 e. The molecule has 2 atom stereocenters. The summed E-state index contributed by atoms with van der Waals surface area (Å²) in [6.45, 7) is 0.350. The van der Waals surface area contributed by atoms with Crippen molar-refractivity contribution >= 4 is 10.9 Å². The third-order valence-corrected chi connectivity index (χ3v) is 4.17. The largest absolute Gasteiger partial charge is 0.369 e. The van der Waals surface area contributed by atoms with Crippen LogP contribution in [-0.2, 0) is 11.3 Å². The Morgan fingerprint density at radius 1 is 1.33 bits per heavy atom. The minimum atomic E-state index is -0.104. The summed E-state index contributed by atoms with van der Waals surface area (Å²) in [5.41, 5.74) is 0.613. The zero-order valence-corrected chi connectivity index (χ0v) is 12.3. The van der Waals surface area contributed by atoms with Crippen LogP contribution < -0.4 is 10.9 Å². The lowest BCUT2D eigenvalue weighted by molar-refractivity contribution is -0.00648. The summed E-state index contributed by atoms with van der Waals surface area (Å²) in [7, 11) is 1.97. The van der Waals surface area contributed by atoms with E-state index >= 15 is 0 Å². The third-order valence-electron chi connectivity index (χ3n) is 4.17. The van der Waals surface area contributed by atoms with Crippen LogP contribution in [0.25, 0.3) is 10.9 Å². The van der Waals surface area contributed by atoms with E-state index < -0.39 is 0 Å². The molecule has 0 aliphatic heterocycles. The number of hydrogen-bond donors (Lipinski definition) is 2. The van der Waals surface area contributed by atoms with E-state index in [-0.39, 0.29) is 11.7 Å². The molecule has 2 unspecified atom stereocenters. The maximum atomic E-state index is 12.0. The van der Waals surface area contributed by atoms with Crippen LogP contribution >= 0.6 is 0 Å². The summed E-state index contributed by atoms with van der Waals surface area (Å²) in [6, 6.07) is 7.76. The van der Waals surface area contributed by atoms with Crippen molar-refractivity contribution in [3.8, 4) is 0 Å². The number of nitrogens with one attached hydrogen (secondary N) is 2. The van der Waals surface area contributed by atoms with E-state index in [2.05, 4.69) is 15.3 Å². The first kappa shape index (κ1) is 14.2. The zero-order valence-electron chi connectivity index (χ0n) is 12.3. The fourth-order valence-corrected chi connectivity index (χ4v) is 3.02. The number of para-hydroxylation sites is 1. The second-order valence-electron chi connectivity index (χ2n) is 5.56. The first-order valence-corrected chi connectivity index (χ1v) is 7.55. The zero-order chi connectivity index (χ0) is 14.7. The number of aromatic amines is 1. The molecule has 3 rings (SSSR count). The molecule has 21 heavy (non-hydrogen) atoms. The van der Waals surface area contributed by atoms with Crippen LogP contribution in [0, 0.1) is 0 Å². The molecule has 5 heteroatoms. The number of nitrogens with zero attached hydrogens (tertiary/aromatic N) is 1. The maximum absolute atomic E-state index is 12.0. The number of likely N-dealkylation sites (N-methyl/N-ethyl adjacent to an activating group) is 1. The quantitative estimate of drug-likeness (QED) is 0.902. The average molecular weight is 287 g/mol. The van der Waals surface area contributed by atoms with Crippen molar-refractivity contribution in [2.24, 2.45) is 0 Å². The Morgan fingerprint density at radius 2 is 2.14 bits per heavy atom. The third kappa shape index (κ3) is 3.14. The van der Waals surface area contributed by atoms with Crippen molar-refractivity contribution in [2.75, 3.05) is 7.05 Å². The van der Waals surface area contributed by atoms with E-state index in [9.17, 15) is 4.79 Å². The Bertz CT molecular complexity index is 668. The average Bonchev–Trinajstić information content (AvgIpc) is 2.53. The summed E-state index contributed by atoms with van der Waals surface area (Å²) < 4.78 is 5.98. The highest BCUT2D eigenvalue weighted by Gasteiger charge is 2.24. The van der Waals surface area contributed by atoms with Crippen molar-refractivity contribution in [3.63, 3.8) is 0 Å². The van der Waals surface area contributed by atoms with Crippen molar-refractivity contribution in [2.45, 2.75) is 44.4 Å². The molecule has 0 bridgehead atoms. The smallest absolute Gasteiger partial charge is 0.258 e. The number of rotatable bonds is 4. The predicted octanol–water partition coefficient (Wildman–Crippen LogP) is 1.97. The van der Waals surface area contributed by atoms with Crippen molar-refractivity contribution in [3.05, 3.63) is 40.4 Å². The van der Waals surface area contributed by atoms with Crippen LogP contribution in [-0.4, -0.2) is 29.2 Å². The fourth-order valence-electron chi connectivity index (χ4n) is 3.02. The van der Waals surface area contributed by atoms with Gasteiger partial charge in [0.05, 0.1) is 17.0 Å². The van der Waals surface area contributed by atoms with E-state index in [0.717, 1.165) is 12.8 Å². The second-order valence-corrected chi connectivity index (χ2v) is 5.56. The number of aromatic nitrogens is 2. The van der Waals surface area contributed by atoms with Gasteiger partial charge in [-0.25, -0.2) is 4.98 Å². The number of H-pyrrole nitrogens is 1. The fraction of sp³-hybridized carbons (Fsp3) is 0.500. The molecular weight excluding hydrogens is 266 g/mol. The Morgan fingerprint density at radius 3 is 3.00 bits per heavy atom. The van der Waals surface area contributed by atoms with Crippen LogP contribution in [0.2, 0.25) is 0 Å². The van der Waals surface area contributed by atoms with Gasteiger partial charge < -0.3 is 15.0 Å². The van der Waals surface area contributed by atoms with E-state index in [1.54, 1.807) is 6.07 Å². The van der Waals surface area contributed by atoms with Crippen molar-refractivity contribution in [1.82, 2.24) is 15.3 Å². The monoisotopic (exact) mass is 287 g/mol. The van der Waals surface area contributed by atoms with Gasteiger partial charge in [0, 0.05) is 6.04 Å². The highest BCUT2D eigenvalue weighted by Crippen LogP contribution is 2.21. The molecular formula is C16H21N3O2. The van der Waals surface area contributed by atoms with Crippen LogP contribution in [0.5, 0.6) is 0 Å². The Balaban J connectivity index is 1.74. The topological polar surface area (TPSA) is 67.0 Å². The lowest BCUT2D eigenvalue weighted by atomic mass is 9.92. The molecule has 1 fully saturated rings. The summed E-state index contributed by atoms with van der Waals surface area (Å²) >= 11 is 0. The Labute approximate surface area is 123 Å². The van der Waals surface area contributed by atoms with Crippen molar-refractivity contribution < 1.29 is 4.74 Å². The van der Waals surface area contributed by atoms with Gasteiger partial charge in [0.2, 0.25) is 0 Å². The van der Waals surface area contributed by atoms with Gasteiger partial charge in [0.15, 0.2) is 0 Å². The first-order valence-electron chi connectivity index (χ1n) is 7.55. The van der Waals surface area contributed by atoms with Crippen LogP contribution in [0.1, 0.15) is 31.5 Å². The Kier molecular flexibility index (Phi) is 4.31. The number of ether oxygens (including phenoxy) is 1. The Hall–Kier alpha value is -1.72. The standard InChI is InChI=1S/C16H21N3O2/c1-17-13-8-4-5-9-14(13)21-10-15-18-12-7-3-2-6-11(12)16(20)19-15/h2-3,6-7,13-14,17H,4-5,8-10H2,1H3,(H,18,19,20). The van der Waals surface area contributed by atoms with Gasteiger partial charge in [-0.15, -0.1) is 0 Å². The van der Waals surface area contributed by atoms with E-state index in [1.807, 2.05) is 25.2 Å². The van der Waals surface area contributed by atoms with E-state index in [0.29, 0.717) is 29.4 Å². The SMILES string of the molecule is CNC1CCCCC1OCc1nc2ccccc2c(=O)[nH]1. The highest BCUT2D eigenvalue weighted by atomic mass is 16.5. The van der Waals surface area contributed by atoms with Gasteiger partial charge in [0.25, 0.3) is 5.56 Å². The minimum absolute atomic E-state index is 0.104. The van der Waals surface area contributed by atoms with Gasteiger partial charge in [-0.05, 0) is 32.0 Å². The first-order chi connectivity index (χ1) is 10.3. The molecule has 1 aliphatic rings. The molecule has 1 aliphatic carbocycles. The predicted molar refractivity (Wildman–Crippen MR) is 82.3 cm³/mol. The molecule has 5 nitrogen and oxygen atoms in total. The van der Waals surface area contributed by atoms with Gasteiger partial charge in [-0.1, -0.05) is 25.0 Å². The van der Waals surface area contributed by atoms with E-state index in [4.69, 9.17) is 4.74 Å². The van der Waals surface area contributed by atoms with E-state index in [1.165, 1.54) is 12.8 Å². The molecule has 0 spiro atoms. The number of hydrogen-bond acceptors (Lipinski definition) is 4. The summed E-state index contributed by atoms with van der Waals surface area (Å²) in [4.78, 5) is 19.3. The number of fused-ring (bicyclic) bond motifs is 1. The molecule has 1 saturated carbocycles. The van der Waals surface area contributed by atoms with Crippen LogP contribution in [0.3, 0.4) is 0 Å². The molecule has 1 aromatic carbocycles. The summed E-state index contributed by atoms with van der Waals surface area (Å²) in [5, 5.41) is 3.93. The second kappa shape index (κ2) is 6.37. The van der Waals surface area contributed by atoms with Gasteiger partial charge in [0.1, 0.15) is 12.4 Å². The van der Waals surface area contributed by atoms with Crippen LogP contribution in [0.15, 0.2) is 29.1 Å². The molecule has 0 radical (unpaired) electrons. The van der Waals surface area contributed by atoms with Gasteiger partial charge in [-0.3, -0.25) is 4.79 Å². The van der Waals surface area contributed by atoms with Crippen LogP contribution in [0.4, 0.5) is 0 Å². The normalized spacial score (nSPS) is 22.5. The summed E-state index contributed by atoms with van der Waals surface area (Å²) in [5.74, 6) is 0.596. The molecule has 1 heterocycles. The highest BCUT2D eigenvalue weighted by molar-refractivity contribution is 5.77. The summed E-state index contributed by atoms with van der Waals surface area (Å²) in [6.07, 6.45) is 4.84. The molecule has 2 aromatic rings. The lowest BCUT2D eigenvalue weighted by Gasteiger charge is -2.31. The van der Waals surface area contributed by atoms with Crippen molar-refractivity contribution in [1.29, 1.82) is 0 Å². The van der Waals surface area contributed by atoms with Gasteiger partial charge >= 0.3 is 0 Å².